The number of amides is 1. The highest BCUT2D eigenvalue weighted by atomic mass is 31.2. The standard InChI is InChI=1S/C2H5NO.O5P2/c1-3-2-4;1-6(2)5-7(3)4/h2H,1H3,(H,3,4);/p+2. The van der Waals surface area contributed by atoms with E-state index in [1.807, 2.05) is 0 Å². The van der Waals surface area contributed by atoms with Gasteiger partial charge in [0.05, 0.1) is 0 Å². The van der Waals surface area contributed by atoms with Crippen LogP contribution >= 0.6 is 16.5 Å². The summed E-state index contributed by atoms with van der Waals surface area (Å²) in [5, 5.41) is 2.25. The summed E-state index contributed by atoms with van der Waals surface area (Å²) in [7, 11) is -4.28. The summed E-state index contributed by atoms with van der Waals surface area (Å²) in [6, 6.07) is 0. The van der Waals surface area contributed by atoms with Gasteiger partial charge in [0, 0.05) is 16.2 Å². The van der Waals surface area contributed by atoms with E-state index in [-0.39, 0.29) is 0 Å². The molecule has 2 unspecified atom stereocenters. The highest BCUT2D eigenvalue weighted by Crippen LogP contribution is 2.30. The van der Waals surface area contributed by atoms with Crippen LogP contribution < -0.4 is 5.32 Å². The number of hydrogen-bond acceptors (Lipinski definition) is 4. The van der Waals surface area contributed by atoms with Gasteiger partial charge in [0.1, 0.15) is 0 Å². The van der Waals surface area contributed by atoms with Crippen LogP contribution in [-0.4, -0.2) is 23.2 Å². The van der Waals surface area contributed by atoms with Gasteiger partial charge < -0.3 is 5.32 Å². The van der Waals surface area contributed by atoms with Crippen molar-refractivity contribution in [2.45, 2.75) is 0 Å². The largest absolute Gasteiger partial charge is 0.745 e. The van der Waals surface area contributed by atoms with Crippen LogP contribution in [0.1, 0.15) is 0 Å². The second-order valence-corrected chi connectivity index (χ2v) is 2.57. The molecule has 0 saturated heterocycles. The molecule has 0 aliphatic carbocycles. The van der Waals surface area contributed by atoms with Crippen LogP contribution in [0.4, 0.5) is 0 Å². The summed E-state index contributed by atoms with van der Waals surface area (Å²) in [6.45, 7) is 0. The second-order valence-electron chi connectivity index (χ2n) is 0.964. The van der Waals surface area contributed by atoms with E-state index in [2.05, 4.69) is 9.63 Å². The molecule has 1 amide bonds. The molecule has 0 saturated carbocycles. The fourth-order valence-electron chi connectivity index (χ4n) is 0.0598. The topological polar surface area (TPSA) is 113 Å². The van der Waals surface area contributed by atoms with Crippen LogP contribution in [0, 0.1) is 0 Å². The summed E-state index contributed by atoms with van der Waals surface area (Å²) >= 11 is 0. The lowest BCUT2D eigenvalue weighted by Crippen LogP contribution is -1.98. The first-order valence-corrected chi connectivity index (χ1v) is 4.42. The zero-order valence-electron chi connectivity index (χ0n) is 5.50. The van der Waals surface area contributed by atoms with E-state index in [0.717, 1.165) is 0 Å². The van der Waals surface area contributed by atoms with E-state index in [4.69, 9.17) is 14.6 Å². The Bertz CT molecular complexity index is 136. The average Bonchev–Trinajstić information content (AvgIpc) is 1.85. The molecule has 0 fully saturated rings. The number of carbonyl (C=O) groups excluding carboxylic acids is 1. The first-order valence-electron chi connectivity index (χ1n) is 2.15. The van der Waals surface area contributed by atoms with E-state index in [1.54, 1.807) is 7.05 Å². The maximum Gasteiger partial charge on any atom is 0.745 e. The molecule has 0 aliphatic rings. The van der Waals surface area contributed by atoms with Crippen molar-refractivity contribution in [3.8, 4) is 0 Å². The summed E-state index contributed by atoms with van der Waals surface area (Å²) in [5.74, 6) is 0. The molecule has 2 atom stereocenters. The van der Waals surface area contributed by atoms with Crippen molar-refractivity contribution in [1.29, 1.82) is 0 Å². The quantitative estimate of drug-likeness (QED) is 0.427. The van der Waals surface area contributed by atoms with Gasteiger partial charge in [0.15, 0.2) is 4.31 Å². The Hall–Kier alpha value is -0.450. The van der Waals surface area contributed by atoms with Crippen molar-refractivity contribution in [3.63, 3.8) is 0 Å². The van der Waals surface area contributed by atoms with Crippen molar-refractivity contribution in [2.24, 2.45) is 0 Å². The number of rotatable bonds is 3. The van der Waals surface area contributed by atoms with Crippen LogP contribution in [0.15, 0.2) is 0 Å². The Balaban J connectivity index is 0. The zero-order valence-corrected chi connectivity index (χ0v) is 7.29. The highest BCUT2D eigenvalue weighted by molar-refractivity contribution is 7.46. The summed E-state index contributed by atoms with van der Waals surface area (Å²) < 4.78 is 22.2. The minimum atomic E-state index is -2.92. The highest BCUT2D eigenvalue weighted by Gasteiger charge is 2.31. The van der Waals surface area contributed by atoms with Crippen LogP contribution in [0.3, 0.4) is 0 Å². The third kappa shape index (κ3) is 26.3. The zero-order chi connectivity index (χ0) is 9.28. The maximum absolute atomic E-state index is 9.39. The lowest BCUT2D eigenvalue weighted by molar-refractivity contribution is -0.109. The summed E-state index contributed by atoms with van der Waals surface area (Å²) in [5.41, 5.74) is 0. The van der Waals surface area contributed by atoms with Gasteiger partial charge in [-0.25, -0.2) is 0 Å². The molecule has 0 aromatic heterocycles. The molecule has 0 heterocycles. The van der Waals surface area contributed by atoms with Gasteiger partial charge >= 0.3 is 16.5 Å². The second kappa shape index (κ2) is 9.55. The molecular weight excluding hydrogens is 196 g/mol. The number of carbonyl (C=O) groups is 1. The van der Waals surface area contributed by atoms with Crippen molar-refractivity contribution >= 4 is 22.9 Å². The molecule has 11 heavy (non-hydrogen) atoms. The molecule has 0 rings (SSSR count). The fraction of sp³-hybridized carbons (Fsp3) is 0.500. The smallest absolute Gasteiger partial charge is 0.362 e. The average molecular weight is 203 g/mol. The Labute approximate surface area is 64.3 Å². The summed E-state index contributed by atoms with van der Waals surface area (Å²) in [4.78, 5) is 24.4. The molecule has 64 valence electrons. The molecule has 7 nitrogen and oxygen atoms in total. The minimum Gasteiger partial charge on any atom is -0.362 e. The third-order valence-corrected chi connectivity index (χ3v) is 1.38. The Morgan fingerprint density at radius 3 is 1.64 bits per heavy atom. The third-order valence-electron chi connectivity index (χ3n) is 0.258. The van der Waals surface area contributed by atoms with Crippen LogP contribution in [0.2, 0.25) is 0 Å². The van der Waals surface area contributed by atoms with Crippen molar-refractivity contribution in [3.05, 3.63) is 0 Å². The van der Waals surface area contributed by atoms with E-state index < -0.39 is 16.5 Å². The Morgan fingerprint density at radius 1 is 1.36 bits per heavy atom. The molecule has 0 spiro atoms. The fourth-order valence-corrected chi connectivity index (χ4v) is 0.538. The molecule has 0 aromatic rings. The minimum absolute atomic E-state index is 0.625. The number of hydrogen-bond donors (Lipinski definition) is 3. The first kappa shape index (κ1) is 13.2. The lowest BCUT2D eigenvalue weighted by Gasteiger charge is -1.64. The summed E-state index contributed by atoms with van der Waals surface area (Å²) in [6.07, 6.45) is 0.625. The molecular formula is C2H7NO6P2+2. The van der Waals surface area contributed by atoms with Crippen LogP contribution in [0.25, 0.3) is 0 Å². The predicted octanol–water partition coefficient (Wildman–Crippen LogP) is -0.335. The number of nitrogens with one attached hydrogen (secondary N) is 1. The molecule has 0 bridgehead atoms. The molecule has 0 radical (unpaired) electrons. The van der Waals surface area contributed by atoms with E-state index in [1.165, 1.54) is 0 Å². The van der Waals surface area contributed by atoms with Gasteiger partial charge in [-0.15, -0.1) is 9.79 Å². The normalized spacial score (nSPS) is 10.5. The molecule has 9 heteroatoms. The van der Waals surface area contributed by atoms with E-state index >= 15 is 0 Å². The van der Waals surface area contributed by atoms with Gasteiger partial charge in [-0.3, -0.25) is 4.79 Å². The van der Waals surface area contributed by atoms with E-state index in [9.17, 15) is 9.13 Å². The van der Waals surface area contributed by atoms with Crippen molar-refractivity contribution < 1.29 is 28.0 Å². The SMILES string of the molecule is CNC=O.O=[P+](O)O[P+](=O)O. The van der Waals surface area contributed by atoms with Gasteiger partial charge in [-0.1, -0.05) is 0 Å². The van der Waals surface area contributed by atoms with Gasteiger partial charge in [-0.05, 0) is 0 Å². The monoisotopic (exact) mass is 203 g/mol. The van der Waals surface area contributed by atoms with Crippen LogP contribution in [-0.2, 0) is 18.2 Å². The van der Waals surface area contributed by atoms with E-state index in [0.29, 0.717) is 6.41 Å². The maximum atomic E-state index is 9.39. The lowest BCUT2D eigenvalue weighted by atomic mass is 11.2. The van der Waals surface area contributed by atoms with Gasteiger partial charge in [0.2, 0.25) is 6.41 Å². The Morgan fingerprint density at radius 2 is 1.64 bits per heavy atom. The van der Waals surface area contributed by atoms with Crippen molar-refractivity contribution in [2.75, 3.05) is 7.05 Å². The Kier molecular flexibility index (Phi) is 11.4. The van der Waals surface area contributed by atoms with Gasteiger partial charge in [-0.2, -0.15) is 0 Å². The first-order chi connectivity index (χ1) is 5.04. The molecule has 0 aliphatic heterocycles. The van der Waals surface area contributed by atoms with Crippen LogP contribution in [0.5, 0.6) is 0 Å². The van der Waals surface area contributed by atoms with Gasteiger partial charge in [0.25, 0.3) is 0 Å². The molecule has 0 aromatic carbocycles. The van der Waals surface area contributed by atoms with Crippen molar-refractivity contribution in [1.82, 2.24) is 5.32 Å². The predicted molar refractivity (Wildman–Crippen MR) is 35.9 cm³/mol. The molecule has 3 N–H and O–H groups in total.